The van der Waals surface area contributed by atoms with Crippen molar-refractivity contribution in [3.8, 4) is 11.1 Å². The van der Waals surface area contributed by atoms with Crippen molar-refractivity contribution < 1.29 is 26.3 Å². The van der Waals surface area contributed by atoms with Gasteiger partial charge < -0.3 is 15.8 Å². The molecule has 0 aromatic heterocycles. The number of rotatable bonds is 4. The van der Waals surface area contributed by atoms with Crippen LogP contribution in [0, 0.1) is 5.41 Å². The minimum Gasteiger partial charge on any atom is -0.385 e. The number of aliphatic imine (C=N–C) groups is 2. The van der Waals surface area contributed by atoms with Crippen LogP contribution in [0.1, 0.15) is 5.56 Å². The van der Waals surface area contributed by atoms with E-state index in [1.807, 2.05) is 0 Å². The molecule has 3 aliphatic rings. The SMILES string of the molecule is NC1=NC(Nc2cc(Cl)c(-c3ccc(S(=O)(=O)N4CC5(COC5)C4)cc3)c(C(F)(F)F)c2)=NC1. The van der Waals surface area contributed by atoms with Crippen LogP contribution in [0.25, 0.3) is 11.1 Å². The number of halogens is 4. The molecule has 0 saturated carbocycles. The van der Waals surface area contributed by atoms with Crippen LogP contribution in [-0.4, -0.2) is 57.4 Å². The van der Waals surface area contributed by atoms with Gasteiger partial charge in [0.2, 0.25) is 16.0 Å². The standard InChI is InChI=1S/C21H19ClF3N5O3S/c22-16-6-13(28-19-27-7-17(26)29-19)5-15(21(23,24)25)18(16)12-1-3-14(4-2-12)34(31,32)30-8-20(9-30)10-33-11-20/h1-6H,7-11H2,(H3,26,27,28,29). The van der Waals surface area contributed by atoms with E-state index < -0.39 is 21.8 Å². The minimum atomic E-state index is -4.72. The second kappa shape index (κ2) is 7.94. The van der Waals surface area contributed by atoms with Crippen LogP contribution >= 0.6 is 11.6 Å². The Labute approximate surface area is 198 Å². The van der Waals surface area contributed by atoms with E-state index >= 15 is 0 Å². The molecule has 1 spiro atoms. The second-order valence-electron chi connectivity index (χ2n) is 8.54. The average molecular weight is 514 g/mol. The van der Waals surface area contributed by atoms with Gasteiger partial charge >= 0.3 is 6.18 Å². The molecule has 3 heterocycles. The van der Waals surface area contributed by atoms with Gasteiger partial charge in [0.1, 0.15) is 12.4 Å². The molecule has 0 atom stereocenters. The highest BCUT2D eigenvalue weighted by molar-refractivity contribution is 7.89. The Morgan fingerprint density at radius 3 is 2.35 bits per heavy atom. The van der Waals surface area contributed by atoms with Crippen molar-refractivity contribution in [3.05, 3.63) is 47.0 Å². The van der Waals surface area contributed by atoms with E-state index in [4.69, 9.17) is 22.1 Å². The van der Waals surface area contributed by atoms with Crippen LogP contribution in [0.15, 0.2) is 51.3 Å². The first kappa shape index (κ1) is 23.1. The number of anilines is 1. The van der Waals surface area contributed by atoms with E-state index in [2.05, 4.69) is 15.3 Å². The summed E-state index contributed by atoms with van der Waals surface area (Å²) in [5, 5.41) is 2.51. The molecule has 3 aliphatic heterocycles. The van der Waals surface area contributed by atoms with Gasteiger partial charge in [-0.3, -0.25) is 0 Å². The predicted octanol–water partition coefficient (Wildman–Crippen LogP) is 3.19. The lowest BCUT2D eigenvalue weighted by atomic mass is 9.80. The maximum Gasteiger partial charge on any atom is 0.417 e. The fourth-order valence-electron chi connectivity index (χ4n) is 4.14. The maximum atomic E-state index is 13.9. The predicted molar refractivity (Wildman–Crippen MR) is 121 cm³/mol. The van der Waals surface area contributed by atoms with E-state index in [1.165, 1.54) is 34.6 Å². The van der Waals surface area contributed by atoms with E-state index in [0.29, 0.717) is 26.3 Å². The number of ether oxygens (including phenoxy) is 1. The molecule has 0 bridgehead atoms. The third-order valence-electron chi connectivity index (χ3n) is 5.91. The lowest BCUT2D eigenvalue weighted by Gasteiger charge is -2.53. The molecule has 8 nitrogen and oxygen atoms in total. The molecule has 2 saturated heterocycles. The molecule has 180 valence electrons. The largest absolute Gasteiger partial charge is 0.417 e. The summed E-state index contributed by atoms with van der Waals surface area (Å²) < 4.78 is 74.0. The molecular weight excluding hydrogens is 495 g/mol. The lowest BCUT2D eigenvalue weighted by molar-refractivity contribution is -0.166. The van der Waals surface area contributed by atoms with Gasteiger partial charge in [0.05, 0.1) is 28.7 Å². The maximum absolute atomic E-state index is 13.9. The molecule has 3 N–H and O–H groups in total. The van der Waals surface area contributed by atoms with Gasteiger partial charge in [-0.25, -0.2) is 13.4 Å². The van der Waals surface area contributed by atoms with Crippen molar-refractivity contribution in [3.63, 3.8) is 0 Å². The average Bonchev–Trinajstić information content (AvgIpc) is 3.09. The van der Waals surface area contributed by atoms with E-state index in [9.17, 15) is 21.6 Å². The summed E-state index contributed by atoms with van der Waals surface area (Å²) >= 11 is 6.28. The first-order chi connectivity index (χ1) is 16.0. The highest BCUT2D eigenvalue weighted by Gasteiger charge is 2.53. The Bertz CT molecular complexity index is 1310. The van der Waals surface area contributed by atoms with Gasteiger partial charge in [-0.15, -0.1) is 0 Å². The highest BCUT2D eigenvalue weighted by atomic mass is 35.5. The summed E-state index contributed by atoms with van der Waals surface area (Å²) in [5.41, 5.74) is 4.39. The van der Waals surface area contributed by atoms with Crippen molar-refractivity contribution >= 4 is 39.1 Å². The number of nitrogens with zero attached hydrogens (tertiary/aromatic N) is 3. The fourth-order valence-corrected chi connectivity index (χ4v) is 6.14. The Morgan fingerprint density at radius 1 is 1.15 bits per heavy atom. The van der Waals surface area contributed by atoms with E-state index in [1.54, 1.807) is 0 Å². The highest BCUT2D eigenvalue weighted by Crippen LogP contribution is 2.44. The number of nitrogens with one attached hydrogen (secondary N) is 1. The molecule has 2 aromatic carbocycles. The topological polar surface area (TPSA) is 109 Å². The molecule has 2 fully saturated rings. The third kappa shape index (κ3) is 4.04. The molecule has 0 unspecified atom stereocenters. The second-order valence-corrected chi connectivity index (χ2v) is 10.9. The summed E-state index contributed by atoms with van der Waals surface area (Å²) in [6.07, 6.45) is -4.72. The van der Waals surface area contributed by atoms with Crippen molar-refractivity contribution in [1.82, 2.24) is 4.31 Å². The number of guanidine groups is 1. The Balaban J connectivity index is 1.44. The molecule has 34 heavy (non-hydrogen) atoms. The van der Waals surface area contributed by atoms with Crippen molar-refractivity contribution in [2.75, 3.05) is 38.2 Å². The van der Waals surface area contributed by atoms with Crippen LogP contribution in [-0.2, 0) is 20.9 Å². The monoisotopic (exact) mass is 513 g/mol. The summed E-state index contributed by atoms with van der Waals surface area (Å²) in [7, 11) is -3.74. The third-order valence-corrected chi connectivity index (χ3v) is 8.02. The zero-order valence-corrected chi connectivity index (χ0v) is 19.1. The van der Waals surface area contributed by atoms with Crippen molar-refractivity contribution in [2.24, 2.45) is 21.1 Å². The van der Waals surface area contributed by atoms with E-state index in [0.717, 1.165) is 6.07 Å². The van der Waals surface area contributed by atoms with Gasteiger partial charge in [0.15, 0.2) is 0 Å². The summed E-state index contributed by atoms with van der Waals surface area (Å²) in [4.78, 5) is 7.88. The zero-order valence-electron chi connectivity index (χ0n) is 17.6. The summed E-state index contributed by atoms with van der Waals surface area (Å²) in [5.74, 6) is 0.330. The first-order valence-electron chi connectivity index (χ1n) is 10.2. The number of hydrogen-bond acceptors (Lipinski definition) is 7. The lowest BCUT2D eigenvalue weighted by Crippen LogP contribution is -2.66. The molecule has 2 aromatic rings. The number of hydrogen-bond donors (Lipinski definition) is 2. The Hall–Kier alpha value is -2.67. The normalized spacial score (nSPS) is 19.9. The van der Waals surface area contributed by atoms with Gasteiger partial charge in [-0.2, -0.15) is 22.5 Å². The molecule has 0 radical (unpaired) electrons. The van der Waals surface area contributed by atoms with Crippen molar-refractivity contribution in [2.45, 2.75) is 11.1 Å². The summed E-state index contributed by atoms with van der Waals surface area (Å²) in [6.45, 7) is 1.97. The molecular formula is C21H19ClF3N5O3S. The van der Waals surface area contributed by atoms with Gasteiger partial charge in [0, 0.05) is 29.8 Å². The zero-order chi connectivity index (χ0) is 24.3. The smallest absolute Gasteiger partial charge is 0.385 e. The van der Waals surface area contributed by atoms with E-state index in [-0.39, 0.29) is 50.5 Å². The number of alkyl halides is 3. The van der Waals surface area contributed by atoms with Gasteiger partial charge in [-0.1, -0.05) is 23.7 Å². The van der Waals surface area contributed by atoms with Crippen LogP contribution in [0.3, 0.4) is 0 Å². The number of benzene rings is 2. The van der Waals surface area contributed by atoms with Gasteiger partial charge in [-0.05, 0) is 29.8 Å². The van der Waals surface area contributed by atoms with Crippen LogP contribution in [0.2, 0.25) is 5.02 Å². The number of sulfonamides is 1. The van der Waals surface area contributed by atoms with Crippen LogP contribution in [0.5, 0.6) is 0 Å². The number of amidine groups is 1. The van der Waals surface area contributed by atoms with Crippen LogP contribution < -0.4 is 11.1 Å². The molecule has 0 amide bonds. The molecule has 0 aliphatic carbocycles. The van der Waals surface area contributed by atoms with Crippen molar-refractivity contribution in [1.29, 1.82) is 0 Å². The number of nitrogens with two attached hydrogens (primary N) is 1. The minimum absolute atomic E-state index is 0.00371. The Kier molecular flexibility index (Phi) is 5.39. The summed E-state index contributed by atoms with van der Waals surface area (Å²) in [6, 6.07) is 7.46. The Morgan fingerprint density at radius 2 is 1.82 bits per heavy atom. The fraction of sp³-hybridized carbons (Fsp3) is 0.333. The first-order valence-corrected chi connectivity index (χ1v) is 12.0. The molecule has 13 heteroatoms. The quantitative estimate of drug-likeness (QED) is 0.652. The van der Waals surface area contributed by atoms with Gasteiger partial charge in [0.25, 0.3) is 0 Å². The van der Waals surface area contributed by atoms with Crippen LogP contribution in [0.4, 0.5) is 18.9 Å². The molecule has 5 rings (SSSR count).